The van der Waals surface area contributed by atoms with Crippen LogP contribution in [0.15, 0.2) is 53.4 Å². The number of anilines is 2. The zero-order chi connectivity index (χ0) is 22.9. The Labute approximate surface area is 189 Å². The first-order valence-corrected chi connectivity index (χ1v) is 12.5. The number of aryl methyl sites for hydroxylation is 1. The number of rotatable bonds is 5. The fourth-order valence-corrected chi connectivity index (χ4v) is 5.66. The molecule has 0 saturated carbocycles. The molecule has 2 aliphatic heterocycles. The summed E-state index contributed by atoms with van der Waals surface area (Å²) in [6.07, 6.45) is 1.86. The molecular weight excluding hydrogens is 426 g/mol. The summed E-state index contributed by atoms with van der Waals surface area (Å²) in [7, 11) is -3.54. The molecule has 1 N–H and O–H groups in total. The van der Waals surface area contributed by atoms with Crippen molar-refractivity contribution >= 4 is 33.2 Å². The topological polar surface area (TPSA) is 86.8 Å². The largest absolute Gasteiger partial charge is 0.326 e. The number of hydrogen-bond donors (Lipinski definition) is 1. The van der Waals surface area contributed by atoms with E-state index in [9.17, 15) is 18.0 Å². The molecule has 8 heteroatoms. The molecule has 0 aliphatic carbocycles. The standard InChI is InChI=1S/C24H29N3O4S/c1-17-3-5-20(6-4-17)25-24(29)19-15-23(28)27(16-19)21-7-9-22(10-8-21)32(30,31)26-13-11-18(2)12-14-26/h3-10,18-19H,11-16H2,1-2H3,(H,25,29). The molecular formula is C24H29N3O4S. The highest BCUT2D eigenvalue weighted by Gasteiger charge is 2.35. The second-order valence-electron chi connectivity index (χ2n) is 8.84. The van der Waals surface area contributed by atoms with E-state index in [1.54, 1.807) is 29.2 Å². The molecule has 2 heterocycles. The van der Waals surface area contributed by atoms with Crippen molar-refractivity contribution in [3.63, 3.8) is 0 Å². The molecule has 7 nitrogen and oxygen atoms in total. The Morgan fingerprint density at radius 3 is 2.25 bits per heavy atom. The number of piperidine rings is 1. The molecule has 1 unspecified atom stereocenters. The summed E-state index contributed by atoms with van der Waals surface area (Å²) < 4.78 is 27.4. The molecule has 0 radical (unpaired) electrons. The average molecular weight is 456 g/mol. The normalized spacial score (nSPS) is 20.5. The molecule has 2 saturated heterocycles. The minimum absolute atomic E-state index is 0.129. The van der Waals surface area contributed by atoms with Crippen LogP contribution >= 0.6 is 0 Å². The third kappa shape index (κ3) is 4.71. The van der Waals surface area contributed by atoms with E-state index in [1.165, 1.54) is 4.31 Å². The van der Waals surface area contributed by atoms with Gasteiger partial charge in [-0.05, 0) is 62.1 Å². The lowest BCUT2D eigenvalue weighted by atomic mass is 10.0. The lowest BCUT2D eigenvalue weighted by Gasteiger charge is -2.29. The highest BCUT2D eigenvalue weighted by Crippen LogP contribution is 2.29. The molecule has 32 heavy (non-hydrogen) atoms. The van der Waals surface area contributed by atoms with Crippen LogP contribution in [0.5, 0.6) is 0 Å². The van der Waals surface area contributed by atoms with Crippen LogP contribution in [0.1, 0.15) is 31.7 Å². The molecule has 0 aromatic heterocycles. The Hall–Kier alpha value is -2.71. The number of sulfonamides is 1. The van der Waals surface area contributed by atoms with Gasteiger partial charge in [0.1, 0.15) is 0 Å². The van der Waals surface area contributed by atoms with Crippen LogP contribution < -0.4 is 10.2 Å². The van der Waals surface area contributed by atoms with E-state index in [-0.39, 0.29) is 29.7 Å². The fourth-order valence-electron chi connectivity index (χ4n) is 4.19. The van der Waals surface area contributed by atoms with Gasteiger partial charge < -0.3 is 10.2 Å². The zero-order valence-corrected chi connectivity index (χ0v) is 19.3. The SMILES string of the molecule is Cc1ccc(NC(=O)C2CC(=O)N(c3ccc(S(=O)(=O)N4CCC(C)CC4)cc3)C2)cc1. The van der Waals surface area contributed by atoms with Crippen molar-refractivity contribution in [2.75, 3.05) is 29.9 Å². The summed E-state index contributed by atoms with van der Waals surface area (Å²) >= 11 is 0. The minimum atomic E-state index is -3.54. The number of benzene rings is 2. The van der Waals surface area contributed by atoms with Gasteiger partial charge in [0.25, 0.3) is 0 Å². The van der Waals surface area contributed by atoms with Crippen molar-refractivity contribution in [3.05, 3.63) is 54.1 Å². The van der Waals surface area contributed by atoms with E-state index >= 15 is 0 Å². The van der Waals surface area contributed by atoms with Crippen LogP contribution in [0.25, 0.3) is 0 Å². The summed E-state index contributed by atoms with van der Waals surface area (Å²) in [4.78, 5) is 27.0. The fraction of sp³-hybridized carbons (Fsp3) is 0.417. The Balaban J connectivity index is 1.42. The molecule has 2 aliphatic rings. The van der Waals surface area contributed by atoms with Gasteiger partial charge in [-0.2, -0.15) is 4.31 Å². The van der Waals surface area contributed by atoms with Gasteiger partial charge in [0, 0.05) is 37.4 Å². The maximum atomic E-state index is 12.9. The molecule has 0 spiro atoms. The number of carbonyl (C=O) groups is 2. The van der Waals surface area contributed by atoms with Crippen LogP contribution in [0.2, 0.25) is 0 Å². The summed E-state index contributed by atoms with van der Waals surface area (Å²) in [5.41, 5.74) is 2.41. The Morgan fingerprint density at radius 1 is 1.00 bits per heavy atom. The van der Waals surface area contributed by atoms with Crippen molar-refractivity contribution < 1.29 is 18.0 Å². The Bertz CT molecular complexity index is 1090. The third-order valence-electron chi connectivity index (χ3n) is 6.34. The summed E-state index contributed by atoms with van der Waals surface area (Å²) in [6, 6.07) is 13.9. The smallest absolute Gasteiger partial charge is 0.243 e. The third-order valence-corrected chi connectivity index (χ3v) is 8.26. The van der Waals surface area contributed by atoms with Gasteiger partial charge in [-0.25, -0.2) is 8.42 Å². The highest BCUT2D eigenvalue weighted by atomic mass is 32.2. The van der Waals surface area contributed by atoms with E-state index < -0.39 is 15.9 Å². The lowest BCUT2D eigenvalue weighted by Crippen LogP contribution is -2.37. The first kappa shape index (κ1) is 22.5. The van der Waals surface area contributed by atoms with E-state index in [1.807, 2.05) is 31.2 Å². The van der Waals surface area contributed by atoms with Crippen LogP contribution in [0, 0.1) is 18.8 Å². The second-order valence-corrected chi connectivity index (χ2v) is 10.8. The molecule has 0 bridgehead atoms. The number of hydrogen-bond acceptors (Lipinski definition) is 4. The van der Waals surface area contributed by atoms with E-state index in [0.717, 1.165) is 18.4 Å². The van der Waals surface area contributed by atoms with Gasteiger partial charge >= 0.3 is 0 Å². The monoisotopic (exact) mass is 455 g/mol. The van der Waals surface area contributed by atoms with E-state index in [0.29, 0.717) is 30.4 Å². The maximum absolute atomic E-state index is 12.9. The predicted molar refractivity (Wildman–Crippen MR) is 124 cm³/mol. The lowest BCUT2D eigenvalue weighted by molar-refractivity contribution is -0.122. The van der Waals surface area contributed by atoms with E-state index in [2.05, 4.69) is 12.2 Å². The molecule has 170 valence electrons. The van der Waals surface area contributed by atoms with Crippen molar-refractivity contribution in [3.8, 4) is 0 Å². The van der Waals surface area contributed by atoms with Crippen molar-refractivity contribution in [2.45, 2.75) is 38.0 Å². The quantitative estimate of drug-likeness (QED) is 0.749. The van der Waals surface area contributed by atoms with Gasteiger partial charge in [-0.15, -0.1) is 0 Å². The van der Waals surface area contributed by atoms with Gasteiger partial charge in [0.15, 0.2) is 0 Å². The molecule has 2 amide bonds. The number of nitrogens with zero attached hydrogens (tertiary/aromatic N) is 2. The maximum Gasteiger partial charge on any atom is 0.243 e. The van der Waals surface area contributed by atoms with Crippen LogP contribution in [-0.2, 0) is 19.6 Å². The number of nitrogens with one attached hydrogen (secondary N) is 1. The highest BCUT2D eigenvalue weighted by molar-refractivity contribution is 7.89. The van der Waals surface area contributed by atoms with Gasteiger partial charge in [-0.3, -0.25) is 9.59 Å². The van der Waals surface area contributed by atoms with Crippen molar-refractivity contribution in [1.82, 2.24) is 4.31 Å². The molecule has 2 aromatic rings. The van der Waals surface area contributed by atoms with Gasteiger partial charge in [-0.1, -0.05) is 24.6 Å². The predicted octanol–water partition coefficient (Wildman–Crippen LogP) is 3.41. The van der Waals surface area contributed by atoms with Crippen LogP contribution in [0.4, 0.5) is 11.4 Å². The second kappa shape index (κ2) is 9.03. The van der Waals surface area contributed by atoms with Crippen LogP contribution in [0.3, 0.4) is 0 Å². The van der Waals surface area contributed by atoms with E-state index in [4.69, 9.17) is 0 Å². The first-order valence-electron chi connectivity index (χ1n) is 11.0. The Morgan fingerprint density at radius 2 is 1.62 bits per heavy atom. The van der Waals surface area contributed by atoms with Gasteiger partial charge in [0.05, 0.1) is 10.8 Å². The zero-order valence-electron chi connectivity index (χ0n) is 18.5. The number of carbonyl (C=O) groups excluding carboxylic acids is 2. The van der Waals surface area contributed by atoms with Crippen molar-refractivity contribution in [2.24, 2.45) is 11.8 Å². The van der Waals surface area contributed by atoms with Gasteiger partial charge in [0.2, 0.25) is 21.8 Å². The van der Waals surface area contributed by atoms with Crippen molar-refractivity contribution in [1.29, 1.82) is 0 Å². The Kier molecular flexibility index (Phi) is 6.35. The molecule has 4 rings (SSSR count). The first-order chi connectivity index (χ1) is 15.2. The average Bonchev–Trinajstić information content (AvgIpc) is 3.17. The summed E-state index contributed by atoms with van der Waals surface area (Å²) in [5, 5.41) is 2.87. The molecule has 2 aromatic carbocycles. The summed E-state index contributed by atoms with van der Waals surface area (Å²) in [6.45, 7) is 5.46. The number of amides is 2. The molecule has 2 fully saturated rings. The van der Waals surface area contributed by atoms with Crippen LogP contribution in [-0.4, -0.2) is 44.2 Å². The summed E-state index contributed by atoms with van der Waals surface area (Å²) in [5.74, 6) is -0.249. The molecule has 1 atom stereocenters. The minimum Gasteiger partial charge on any atom is -0.326 e.